The smallest absolute Gasteiger partial charge is 0.255 e. The first-order valence-electron chi connectivity index (χ1n) is 5.08. The van der Waals surface area contributed by atoms with Crippen molar-refractivity contribution in [2.45, 2.75) is 6.92 Å². The molecule has 3 N–H and O–H groups in total. The number of hydrogen-bond donors (Lipinski definition) is 3. The highest BCUT2D eigenvalue weighted by atomic mass is 35.5. The summed E-state index contributed by atoms with van der Waals surface area (Å²) in [6, 6.07) is 4.13. The number of carbonyl (C=O) groups excluding carboxylic acids is 2. The SMILES string of the molecule is CCNC(=O)CNC(=O)c1cc(Cl)ccc1O. The molecule has 0 spiro atoms. The zero-order valence-corrected chi connectivity index (χ0v) is 10.0. The van der Waals surface area contributed by atoms with E-state index >= 15 is 0 Å². The molecule has 1 rings (SSSR count). The van der Waals surface area contributed by atoms with E-state index in [4.69, 9.17) is 11.6 Å². The third-order valence-corrected chi connectivity index (χ3v) is 2.22. The Morgan fingerprint density at radius 1 is 1.35 bits per heavy atom. The number of likely N-dealkylation sites (N-methyl/N-ethyl adjacent to an activating group) is 1. The van der Waals surface area contributed by atoms with E-state index in [1.165, 1.54) is 18.2 Å². The molecule has 0 aromatic heterocycles. The molecule has 0 heterocycles. The average molecular weight is 257 g/mol. The van der Waals surface area contributed by atoms with E-state index in [0.29, 0.717) is 11.6 Å². The van der Waals surface area contributed by atoms with Crippen LogP contribution >= 0.6 is 11.6 Å². The molecule has 17 heavy (non-hydrogen) atoms. The van der Waals surface area contributed by atoms with Gasteiger partial charge in [0.15, 0.2) is 0 Å². The summed E-state index contributed by atoms with van der Waals surface area (Å²) in [6.45, 7) is 2.14. The van der Waals surface area contributed by atoms with Crippen LogP contribution in [0.15, 0.2) is 18.2 Å². The maximum atomic E-state index is 11.6. The molecule has 1 aromatic rings. The van der Waals surface area contributed by atoms with E-state index in [1.807, 2.05) is 0 Å². The number of benzene rings is 1. The number of aromatic hydroxyl groups is 1. The number of hydrogen-bond acceptors (Lipinski definition) is 3. The fraction of sp³-hybridized carbons (Fsp3) is 0.273. The quantitative estimate of drug-likeness (QED) is 0.749. The molecule has 0 fully saturated rings. The van der Waals surface area contributed by atoms with Crippen molar-refractivity contribution in [1.29, 1.82) is 0 Å². The van der Waals surface area contributed by atoms with Crippen molar-refractivity contribution in [3.05, 3.63) is 28.8 Å². The third-order valence-electron chi connectivity index (χ3n) is 1.99. The topological polar surface area (TPSA) is 78.4 Å². The minimum Gasteiger partial charge on any atom is -0.507 e. The van der Waals surface area contributed by atoms with E-state index in [9.17, 15) is 14.7 Å². The van der Waals surface area contributed by atoms with Gasteiger partial charge in [0, 0.05) is 11.6 Å². The van der Waals surface area contributed by atoms with Gasteiger partial charge < -0.3 is 15.7 Å². The van der Waals surface area contributed by atoms with Gasteiger partial charge in [0.1, 0.15) is 5.75 Å². The molecule has 0 saturated heterocycles. The lowest BCUT2D eigenvalue weighted by Gasteiger charge is -2.07. The Balaban J connectivity index is 2.64. The Kier molecular flexibility index (Phi) is 4.78. The molecular formula is C11H13ClN2O3. The molecule has 0 aliphatic carbocycles. The minimum absolute atomic E-state index is 0.0433. The van der Waals surface area contributed by atoms with Crippen molar-refractivity contribution in [1.82, 2.24) is 10.6 Å². The highest BCUT2D eigenvalue weighted by Crippen LogP contribution is 2.20. The average Bonchev–Trinajstić information content (AvgIpc) is 2.29. The van der Waals surface area contributed by atoms with Gasteiger partial charge in [-0.1, -0.05) is 11.6 Å². The lowest BCUT2D eigenvalue weighted by molar-refractivity contribution is -0.120. The van der Waals surface area contributed by atoms with Gasteiger partial charge >= 0.3 is 0 Å². The number of nitrogens with one attached hydrogen (secondary N) is 2. The Morgan fingerprint density at radius 3 is 2.71 bits per heavy atom. The van der Waals surface area contributed by atoms with Crippen molar-refractivity contribution in [3.8, 4) is 5.75 Å². The number of amides is 2. The van der Waals surface area contributed by atoms with Crippen LogP contribution in [0, 0.1) is 0 Å². The molecule has 6 heteroatoms. The van der Waals surface area contributed by atoms with Gasteiger partial charge in [0.2, 0.25) is 5.91 Å². The van der Waals surface area contributed by atoms with Crippen LogP contribution in [0.3, 0.4) is 0 Å². The van der Waals surface area contributed by atoms with Crippen LogP contribution in [0.5, 0.6) is 5.75 Å². The molecule has 0 atom stereocenters. The third kappa shape index (κ3) is 3.96. The molecule has 0 aliphatic rings. The Bertz CT molecular complexity index is 435. The van der Waals surface area contributed by atoms with E-state index in [0.717, 1.165) is 0 Å². The summed E-state index contributed by atoms with van der Waals surface area (Å²) >= 11 is 5.70. The summed E-state index contributed by atoms with van der Waals surface area (Å²) < 4.78 is 0. The molecule has 2 amide bonds. The zero-order valence-electron chi connectivity index (χ0n) is 9.29. The monoisotopic (exact) mass is 256 g/mol. The van der Waals surface area contributed by atoms with Crippen molar-refractivity contribution in [2.75, 3.05) is 13.1 Å². The van der Waals surface area contributed by atoms with Gasteiger partial charge in [0.25, 0.3) is 5.91 Å². The lowest BCUT2D eigenvalue weighted by Crippen LogP contribution is -2.36. The van der Waals surface area contributed by atoms with Gasteiger partial charge in [-0.15, -0.1) is 0 Å². The highest BCUT2D eigenvalue weighted by Gasteiger charge is 2.12. The molecule has 1 aromatic carbocycles. The van der Waals surface area contributed by atoms with Gasteiger partial charge in [0.05, 0.1) is 12.1 Å². The number of rotatable bonds is 4. The van der Waals surface area contributed by atoms with Crippen molar-refractivity contribution < 1.29 is 14.7 Å². The summed E-state index contributed by atoms with van der Waals surface area (Å²) in [7, 11) is 0. The first-order chi connectivity index (χ1) is 8.04. The largest absolute Gasteiger partial charge is 0.507 e. The van der Waals surface area contributed by atoms with E-state index in [2.05, 4.69) is 10.6 Å². The van der Waals surface area contributed by atoms with Crippen LogP contribution in [0.2, 0.25) is 5.02 Å². The van der Waals surface area contributed by atoms with Gasteiger partial charge in [-0.2, -0.15) is 0 Å². The van der Waals surface area contributed by atoms with Crippen LogP contribution in [0.25, 0.3) is 0 Å². The summed E-state index contributed by atoms with van der Waals surface area (Å²) in [5, 5.41) is 14.7. The van der Waals surface area contributed by atoms with Gasteiger partial charge in [-0.05, 0) is 25.1 Å². The number of phenols is 1. The second kappa shape index (κ2) is 6.10. The number of halogens is 1. The number of carbonyl (C=O) groups is 2. The molecule has 0 saturated carbocycles. The second-order valence-corrected chi connectivity index (χ2v) is 3.73. The zero-order chi connectivity index (χ0) is 12.8. The van der Waals surface area contributed by atoms with Crippen molar-refractivity contribution in [3.63, 3.8) is 0 Å². The fourth-order valence-electron chi connectivity index (χ4n) is 1.21. The standard InChI is InChI=1S/C11H13ClN2O3/c1-2-13-10(16)6-14-11(17)8-5-7(12)3-4-9(8)15/h3-5,15H,2,6H2,1H3,(H,13,16)(H,14,17). The molecule has 0 bridgehead atoms. The van der Waals surface area contributed by atoms with Gasteiger partial charge in [-0.3, -0.25) is 9.59 Å². The lowest BCUT2D eigenvalue weighted by atomic mass is 10.2. The van der Waals surface area contributed by atoms with Gasteiger partial charge in [-0.25, -0.2) is 0 Å². The van der Waals surface area contributed by atoms with Crippen LogP contribution in [-0.2, 0) is 4.79 Å². The Labute approximate surface area is 104 Å². The maximum absolute atomic E-state index is 11.6. The first-order valence-corrected chi connectivity index (χ1v) is 5.45. The molecule has 92 valence electrons. The minimum atomic E-state index is -0.545. The molecule has 0 unspecified atom stereocenters. The van der Waals surface area contributed by atoms with Crippen molar-refractivity contribution in [2.24, 2.45) is 0 Å². The Hall–Kier alpha value is -1.75. The molecule has 5 nitrogen and oxygen atoms in total. The molecule has 0 radical (unpaired) electrons. The predicted molar refractivity (Wildman–Crippen MR) is 64.1 cm³/mol. The second-order valence-electron chi connectivity index (χ2n) is 3.30. The van der Waals surface area contributed by atoms with E-state index in [1.54, 1.807) is 6.92 Å². The van der Waals surface area contributed by atoms with E-state index < -0.39 is 5.91 Å². The van der Waals surface area contributed by atoms with Crippen LogP contribution in [-0.4, -0.2) is 30.0 Å². The first kappa shape index (κ1) is 13.3. The Morgan fingerprint density at radius 2 is 2.06 bits per heavy atom. The van der Waals surface area contributed by atoms with Crippen molar-refractivity contribution >= 4 is 23.4 Å². The maximum Gasteiger partial charge on any atom is 0.255 e. The fourth-order valence-corrected chi connectivity index (χ4v) is 1.38. The summed E-state index contributed by atoms with van der Waals surface area (Å²) in [5.74, 6) is -1.01. The molecular weight excluding hydrogens is 244 g/mol. The summed E-state index contributed by atoms with van der Waals surface area (Å²) in [4.78, 5) is 22.7. The van der Waals surface area contributed by atoms with Crippen LogP contribution in [0.1, 0.15) is 17.3 Å². The molecule has 0 aliphatic heterocycles. The van der Waals surface area contributed by atoms with E-state index in [-0.39, 0.29) is 23.8 Å². The summed E-state index contributed by atoms with van der Waals surface area (Å²) in [5.41, 5.74) is 0.0433. The number of phenolic OH excluding ortho intramolecular Hbond substituents is 1. The normalized spacial score (nSPS) is 9.76. The van der Waals surface area contributed by atoms with Crippen LogP contribution < -0.4 is 10.6 Å². The highest BCUT2D eigenvalue weighted by molar-refractivity contribution is 6.31. The van der Waals surface area contributed by atoms with Crippen LogP contribution in [0.4, 0.5) is 0 Å². The summed E-state index contributed by atoms with van der Waals surface area (Å²) in [6.07, 6.45) is 0. The predicted octanol–water partition coefficient (Wildman–Crippen LogP) is 0.911.